The highest BCUT2D eigenvalue weighted by molar-refractivity contribution is 7.17. The van der Waals surface area contributed by atoms with Gasteiger partial charge < -0.3 is 14.8 Å². The SMILES string of the molecule is CCOC(=O)c1c(NC(=O)COC(=O)C[C@@H]2C=CCC2)sc2c1CCC2. The zero-order chi connectivity index (χ0) is 18.5. The Hall–Kier alpha value is -2.15. The Morgan fingerprint density at radius 2 is 2.12 bits per heavy atom. The largest absolute Gasteiger partial charge is 0.462 e. The van der Waals surface area contributed by atoms with Crippen LogP contribution in [-0.2, 0) is 31.9 Å². The van der Waals surface area contributed by atoms with Crippen LogP contribution in [0, 0.1) is 5.92 Å². The zero-order valence-corrected chi connectivity index (χ0v) is 15.7. The van der Waals surface area contributed by atoms with E-state index >= 15 is 0 Å². The molecule has 0 saturated carbocycles. The van der Waals surface area contributed by atoms with E-state index in [4.69, 9.17) is 9.47 Å². The number of carbonyl (C=O) groups excluding carboxylic acids is 3. The van der Waals surface area contributed by atoms with Gasteiger partial charge in [-0.05, 0) is 50.5 Å². The number of amides is 1. The second-order valence-electron chi connectivity index (χ2n) is 6.46. The van der Waals surface area contributed by atoms with E-state index in [9.17, 15) is 14.4 Å². The van der Waals surface area contributed by atoms with Crippen LogP contribution < -0.4 is 5.32 Å². The minimum Gasteiger partial charge on any atom is -0.462 e. The number of allylic oxidation sites excluding steroid dienone is 2. The summed E-state index contributed by atoms with van der Waals surface area (Å²) in [5, 5.41) is 3.21. The predicted molar refractivity (Wildman–Crippen MR) is 98.4 cm³/mol. The molecule has 1 aromatic rings. The molecule has 1 aromatic heterocycles. The summed E-state index contributed by atoms with van der Waals surface area (Å²) in [5.41, 5.74) is 1.44. The van der Waals surface area contributed by atoms with Crippen LogP contribution in [0.5, 0.6) is 0 Å². The number of carbonyl (C=O) groups is 3. The summed E-state index contributed by atoms with van der Waals surface area (Å²) in [5.74, 6) is -1.02. The van der Waals surface area contributed by atoms with E-state index in [1.54, 1.807) is 6.92 Å². The average Bonchev–Trinajstić information content (AvgIpc) is 3.30. The molecule has 2 aliphatic rings. The molecule has 0 fully saturated rings. The minimum absolute atomic E-state index is 0.209. The Morgan fingerprint density at radius 3 is 2.85 bits per heavy atom. The van der Waals surface area contributed by atoms with Crippen molar-refractivity contribution in [1.82, 2.24) is 0 Å². The summed E-state index contributed by atoms with van der Waals surface area (Å²) in [6, 6.07) is 0. The zero-order valence-electron chi connectivity index (χ0n) is 14.8. The molecule has 0 spiro atoms. The van der Waals surface area contributed by atoms with Crippen molar-refractivity contribution in [3.63, 3.8) is 0 Å². The molecule has 140 valence electrons. The second kappa shape index (κ2) is 8.49. The summed E-state index contributed by atoms with van der Waals surface area (Å²) >= 11 is 1.41. The predicted octanol–water partition coefficient (Wildman–Crippen LogP) is 3.25. The molecule has 2 aliphatic carbocycles. The molecular formula is C19H23NO5S. The Labute approximate surface area is 156 Å². The summed E-state index contributed by atoms with van der Waals surface area (Å²) < 4.78 is 10.2. The van der Waals surface area contributed by atoms with E-state index in [1.165, 1.54) is 11.3 Å². The first-order chi connectivity index (χ1) is 12.6. The molecule has 0 aromatic carbocycles. The van der Waals surface area contributed by atoms with Crippen LogP contribution in [0.3, 0.4) is 0 Å². The fourth-order valence-electron chi connectivity index (χ4n) is 3.36. The van der Waals surface area contributed by atoms with Gasteiger partial charge in [-0.2, -0.15) is 0 Å². The van der Waals surface area contributed by atoms with Crippen molar-refractivity contribution in [2.24, 2.45) is 5.92 Å². The molecule has 26 heavy (non-hydrogen) atoms. The van der Waals surface area contributed by atoms with Crippen LogP contribution in [0.1, 0.15) is 53.4 Å². The lowest BCUT2D eigenvalue weighted by atomic mass is 10.1. The highest BCUT2D eigenvalue weighted by atomic mass is 32.1. The maximum atomic E-state index is 12.3. The molecule has 1 atom stereocenters. The molecule has 0 bridgehead atoms. The third-order valence-corrected chi connectivity index (χ3v) is 5.77. The van der Waals surface area contributed by atoms with Gasteiger partial charge in [0, 0.05) is 4.88 Å². The number of fused-ring (bicyclic) bond motifs is 1. The van der Waals surface area contributed by atoms with Crippen LogP contribution in [0.15, 0.2) is 12.2 Å². The number of hydrogen-bond acceptors (Lipinski definition) is 6. The fraction of sp³-hybridized carbons (Fsp3) is 0.526. The number of esters is 2. The highest BCUT2D eigenvalue weighted by Gasteiger charge is 2.28. The quantitative estimate of drug-likeness (QED) is 0.583. The van der Waals surface area contributed by atoms with E-state index in [-0.39, 0.29) is 25.1 Å². The van der Waals surface area contributed by atoms with Gasteiger partial charge in [-0.25, -0.2) is 4.79 Å². The highest BCUT2D eigenvalue weighted by Crippen LogP contribution is 2.39. The molecule has 0 saturated heterocycles. The Bertz CT molecular complexity index is 737. The van der Waals surface area contributed by atoms with Crippen LogP contribution in [0.25, 0.3) is 0 Å². The van der Waals surface area contributed by atoms with E-state index in [1.807, 2.05) is 6.08 Å². The van der Waals surface area contributed by atoms with Crippen LogP contribution in [0.4, 0.5) is 5.00 Å². The smallest absolute Gasteiger partial charge is 0.341 e. The van der Waals surface area contributed by atoms with Crippen molar-refractivity contribution in [3.05, 3.63) is 28.2 Å². The molecule has 0 unspecified atom stereocenters. The molecule has 6 nitrogen and oxygen atoms in total. The Balaban J connectivity index is 1.58. The number of nitrogens with one attached hydrogen (secondary N) is 1. The Kier molecular flexibility index (Phi) is 6.08. The third kappa shape index (κ3) is 4.33. The normalized spacial score (nSPS) is 17.8. The molecular weight excluding hydrogens is 354 g/mol. The third-order valence-electron chi connectivity index (χ3n) is 4.56. The lowest BCUT2D eigenvalue weighted by molar-refractivity contribution is -0.147. The second-order valence-corrected chi connectivity index (χ2v) is 7.57. The van der Waals surface area contributed by atoms with Gasteiger partial charge in [0.1, 0.15) is 5.00 Å². The van der Waals surface area contributed by atoms with Gasteiger partial charge in [0.2, 0.25) is 0 Å². The van der Waals surface area contributed by atoms with Crippen molar-refractivity contribution >= 4 is 34.2 Å². The van der Waals surface area contributed by atoms with Crippen molar-refractivity contribution < 1.29 is 23.9 Å². The van der Waals surface area contributed by atoms with E-state index < -0.39 is 11.9 Å². The van der Waals surface area contributed by atoms with Gasteiger partial charge >= 0.3 is 11.9 Å². The van der Waals surface area contributed by atoms with E-state index in [0.717, 1.165) is 42.5 Å². The number of ether oxygens (including phenoxy) is 2. The van der Waals surface area contributed by atoms with Crippen molar-refractivity contribution in [1.29, 1.82) is 0 Å². The molecule has 3 rings (SSSR count). The topological polar surface area (TPSA) is 81.7 Å². The molecule has 1 heterocycles. The van der Waals surface area contributed by atoms with E-state index in [0.29, 0.717) is 17.0 Å². The maximum absolute atomic E-state index is 12.3. The molecule has 7 heteroatoms. The van der Waals surface area contributed by atoms with Crippen LogP contribution in [-0.4, -0.2) is 31.1 Å². The standard InChI is InChI=1S/C19H23NO5S/c1-2-24-19(23)17-13-8-5-9-14(13)26-18(17)20-15(21)11-25-16(22)10-12-6-3-4-7-12/h3,6,12H,2,4-5,7-11H2,1H3,(H,20,21)/t12-/m1/s1. The first kappa shape index (κ1) is 18.6. The number of rotatable bonds is 7. The van der Waals surface area contributed by atoms with E-state index in [2.05, 4.69) is 11.4 Å². The van der Waals surface area contributed by atoms with Crippen molar-refractivity contribution in [2.45, 2.75) is 45.4 Å². The first-order valence-electron chi connectivity index (χ1n) is 9.02. The van der Waals surface area contributed by atoms with Crippen molar-refractivity contribution in [3.8, 4) is 0 Å². The number of thiophene rings is 1. The lowest BCUT2D eigenvalue weighted by Crippen LogP contribution is -2.22. The minimum atomic E-state index is -0.439. The molecule has 1 amide bonds. The van der Waals surface area contributed by atoms with Crippen LogP contribution >= 0.6 is 11.3 Å². The summed E-state index contributed by atoms with van der Waals surface area (Å²) in [7, 11) is 0. The summed E-state index contributed by atoms with van der Waals surface area (Å²) in [6.07, 6.45) is 9.03. The summed E-state index contributed by atoms with van der Waals surface area (Å²) in [6.45, 7) is 1.69. The van der Waals surface area contributed by atoms with Gasteiger partial charge in [-0.3, -0.25) is 9.59 Å². The average molecular weight is 377 g/mol. The van der Waals surface area contributed by atoms with Gasteiger partial charge in [-0.1, -0.05) is 12.2 Å². The van der Waals surface area contributed by atoms with Gasteiger partial charge in [0.25, 0.3) is 5.91 Å². The van der Waals surface area contributed by atoms with Gasteiger partial charge in [-0.15, -0.1) is 11.3 Å². The Morgan fingerprint density at radius 1 is 1.27 bits per heavy atom. The number of aryl methyl sites for hydroxylation is 1. The van der Waals surface area contributed by atoms with Crippen LogP contribution in [0.2, 0.25) is 0 Å². The fourth-order valence-corrected chi connectivity index (χ4v) is 4.65. The first-order valence-corrected chi connectivity index (χ1v) is 9.84. The van der Waals surface area contributed by atoms with Crippen molar-refractivity contribution in [2.75, 3.05) is 18.5 Å². The molecule has 0 radical (unpaired) electrons. The van der Waals surface area contributed by atoms with Gasteiger partial charge in [0.05, 0.1) is 18.6 Å². The van der Waals surface area contributed by atoms with Gasteiger partial charge in [0.15, 0.2) is 6.61 Å². The number of hydrogen-bond donors (Lipinski definition) is 1. The number of anilines is 1. The molecule has 0 aliphatic heterocycles. The monoisotopic (exact) mass is 377 g/mol. The maximum Gasteiger partial charge on any atom is 0.341 e. The molecule has 1 N–H and O–H groups in total. The lowest BCUT2D eigenvalue weighted by Gasteiger charge is -2.10. The summed E-state index contributed by atoms with van der Waals surface area (Å²) in [4.78, 5) is 37.4.